The molecule has 2 rings (SSSR count). The molecule has 1 aromatic carbocycles. The molecule has 0 saturated heterocycles. The van der Waals surface area contributed by atoms with Gasteiger partial charge in [0.15, 0.2) is 5.96 Å². The van der Waals surface area contributed by atoms with Gasteiger partial charge in [-0.1, -0.05) is 42.5 Å². The van der Waals surface area contributed by atoms with Crippen molar-refractivity contribution >= 4 is 40.8 Å². The number of halogens is 2. The van der Waals surface area contributed by atoms with E-state index in [1.165, 1.54) is 32.1 Å². The van der Waals surface area contributed by atoms with Crippen molar-refractivity contribution in [2.75, 3.05) is 11.9 Å². The first kappa shape index (κ1) is 18.9. The average Bonchev–Trinajstić information content (AvgIpc) is 2.52. The standard InChI is InChI=1S/C17H23Cl2N3O2/c1-11(12-5-3-2-4-6-12)21-17(20-10-16(23)24)22-15-8-13(18)7-14(19)9-15/h7-9,11-12H,2-6,10H2,1H3,(H,23,24)(H2,20,21,22)/t11-/m0/s1. The molecule has 0 heterocycles. The predicted octanol–water partition coefficient (Wildman–Crippen LogP) is 4.40. The van der Waals surface area contributed by atoms with Crippen LogP contribution in [0.25, 0.3) is 0 Å². The highest BCUT2D eigenvalue weighted by Gasteiger charge is 2.21. The summed E-state index contributed by atoms with van der Waals surface area (Å²) >= 11 is 12.0. The van der Waals surface area contributed by atoms with Crippen LogP contribution in [0.2, 0.25) is 10.0 Å². The predicted molar refractivity (Wildman–Crippen MR) is 99.2 cm³/mol. The number of anilines is 1. The third-order valence-corrected chi connectivity index (χ3v) is 4.66. The second-order valence-corrected chi connectivity index (χ2v) is 7.05. The third kappa shape index (κ3) is 6.21. The molecule has 1 aliphatic rings. The number of benzene rings is 1. The molecule has 3 N–H and O–H groups in total. The fraction of sp³-hybridized carbons (Fsp3) is 0.529. The molecule has 0 bridgehead atoms. The minimum Gasteiger partial charge on any atom is -0.480 e. The maximum atomic E-state index is 10.8. The molecule has 1 atom stereocenters. The van der Waals surface area contributed by atoms with Crippen LogP contribution in [0.4, 0.5) is 5.69 Å². The van der Waals surface area contributed by atoms with Gasteiger partial charge in [0.05, 0.1) is 0 Å². The lowest BCUT2D eigenvalue weighted by atomic mass is 9.84. The number of carboxylic acid groups (broad SMARTS) is 1. The first-order valence-corrected chi connectivity index (χ1v) is 8.95. The Morgan fingerprint density at radius 2 is 1.88 bits per heavy atom. The number of hydrogen-bond acceptors (Lipinski definition) is 2. The first-order valence-electron chi connectivity index (χ1n) is 8.20. The van der Waals surface area contributed by atoms with E-state index in [0.717, 1.165) is 0 Å². The summed E-state index contributed by atoms with van der Waals surface area (Å²) in [7, 11) is 0. The number of aliphatic imine (C=N–C) groups is 1. The molecule has 0 radical (unpaired) electrons. The molecule has 1 fully saturated rings. The summed E-state index contributed by atoms with van der Waals surface area (Å²) in [4.78, 5) is 15.0. The van der Waals surface area contributed by atoms with Gasteiger partial charge in [-0.15, -0.1) is 0 Å². The highest BCUT2D eigenvalue weighted by Crippen LogP contribution is 2.26. The van der Waals surface area contributed by atoms with Gasteiger partial charge in [0.2, 0.25) is 0 Å². The molecular weight excluding hydrogens is 349 g/mol. The number of carboxylic acids is 1. The molecule has 1 aliphatic carbocycles. The van der Waals surface area contributed by atoms with Crippen LogP contribution in [0, 0.1) is 5.92 Å². The molecule has 7 heteroatoms. The van der Waals surface area contributed by atoms with Crippen molar-refractivity contribution in [3.63, 3.8) is 0 Å². The molecular formula is C17H23Cl2N3O2. The Balaban J connectivity index is 2.08. The first-order chi connectivity index (χ1) is 11.4. The molecule has 0 aromatic heterocycles. The monoisotopic (exact) mass is 371 g/mol. The number of rotatable bonds is 5. The van der Waals surface area contributed by atoms with E-state index in [2.05, 4.69) is 22.5 Å². The summed E-state index contributed by atoms with van der Waals surface area (Å²) in [5, 5.41) is 16.3. The van der Waals surface area contributed by atoms with Crippen molar-refractivity contribution in [3.05, 3.63) is 28.2 Å². The Hall–Kier alpha value is -1.46. The quantitative estimate of drug-likeness (QED) is 0.529. The zero-order chi connectivity index (χ0) is 17.5. The van der Waals surface area contributed by atoms with E-state index in [9.17, 15) is 4.79 Å². The van der Waals surface area contributed by atoms with Gasteiger partial charge in [-0.2, -0.15) is 0 Å². The summed E-state index contributed by atoms with van der Waals surface area (Å²) < 4.78 is 0. The molecule has 1 aromatic rings. The van der Waals surface area contributed by atoms with Gasteiger partial charge in [-0.3, -0.25) is 4.79 Å². The second-order valence-electron chi connectivity index (χ2n) is 6.17. The summed E-state index contributed by atoms with van der Waals surface area (Å²) in [5.74, 6) is 0.0119. The molecule has 5 nitrogen and oxygen atoms in total. The fourth-order valence-electron chi connectivity index (χ4n) is 3.00. The topological polar surface area (TPSA) is 73.7 Å². The summed E-state index contributed by atoms with van der Waals surface area (Å²) in [6.45, 7) is 1.81. The summed E-state index contributed by atoms with van der Waals surface area (Å²) in [6, 6.07) is 5.29. The SMILES string of the molecule is C[C@H](NC(=NCC(=O)O)Nc1cc(Cl)cc(Cl)c1)C1CCCCC1. The van der Waals surface area contributed by atoms with Gasteiger partial charge < -0.3 is 15.7 Å². The van der Waals surface area contributed by atoms with Crippen molar-refractivity contribution < 1.29 is 9.90 Å². The Morgan fingerprint density at radius 3 is 2.46 bits per heavy atom. The van der Waals surface area contributed by atoms with E-state index in [-0.39, 0.29) is 12.6 Å². The Bertz CT molecular complexity index is 581. The largest absolute Gasteiger partial charge is 0.480 e. The molecule has 24 heavy (non-hydrogen) atoms. The molecule has 0 spiro atoms. The third-order valence-electron chi connectivity index (χ3n) is 4.22. The molecule has 0 amide bonds. The smallest absolute Gasteiger partial charge is 0.325 e. The van der Waals surface area contributed by atoms with Crippen LogP contribution in [-0.2, 0) is 4.79 Å². The summed E-state index contributed by atoms with van der Waals surface area (Å²) in [5.41, 5.74) is 0.667. The van der Waals surface area contributed by atoms with E-state index in [1.54, 1.807) is 18.2 Å². The van der Waals surface area contributed by atoms with Crippen molar-refractivity contribution in [3.8, 4) is 0 Å². The number of nitrogens with one attached hydrogen (secondary N) is 2. The lowest BCUT2D eigenvalue weighted by molar-refractivity contribution is -0.135. The lowest BCUT2D eigenvalue weighted by Crippen LogP contribution is -2.42. The van der Waals surface area contributed by atoms with Gasteiger partial charge in [0, 0.05) is 21.8 Å². The van der Waals surface area contributed by atoms with Crippen LogP contribution >= 0.6 is 23.2 Å². The van der Waals surface area contributed by atoms with Gasteiger partial charge in [-0.05, 0) is 43.9 Å². The minimum absolute atomic E-state index is 0.208. The molecule has 0 aliphatic heterocycles. The van der Waals surface area contributed by atoms with Crippen LogP contribution in [0.3, 0.4) is 0 Å². The molecule has 1 saturated carbocycles. The van der Waals surface area contributed by atoms with E-state index in [1.807, 2.05) is 0 Å². The van der Waals surface area contributed by atoms with E-state index < -0.39 is 5.97 Å². The van der Waals surface area contributed by atoms with Crippen molar-refractivity contribution in [2.45, 2.75) is 45.1 Å². The Kier molecular flexibility index (Phi) is 7.18. The zero-order valence-electron chi connectivity index (χ0n) is 13.7. The highest BCUT2D eigenvalue weighted by atomic mass is 35.5. The second kappa shape index (κ2) is 9.14. The average molecular weight is 372 g/mol. The molecule has 132 valence electrons. The highest BCUT2D eigenvalue weighted by molar-refractivity contribution is 6.35. The van der Waals surface area contributed by atoms with Gasteiger partial charge in [0.25, 0.3) is 0 Å². The summed E-state index contributed by atoms with van der Waals surface area (Å²) in [6.07, 6.45) is 6.15. The number of carbonyl (C=O) groups is 1. The fourth-order valence-corrected chi connectivity index (χ4v) is 3.52. The van der Waals surface area contributed by atoms with Gasteiger partial charge >= 0.3 is 5.97 Å². The van der Waals surface area contributed by atoms with Crippen LogP contribution in [0.1, 0.15) is 39.0 Å². The van der Waals surface area contributed by atoms with E-state index in [4.69, 9.17) is 28.3 Å². The van der Waals surface area contributed by atoms with E-state index >= 15 is 0 Å². The normalized spacial score (nSPS) is 17.4. The van der Waals surface area contributed by atoms with Crippen molar-refractivity contribution in [1.82, 2.24) is 5.32 Å². The van der Waals surface area contributed by atoms with E-state index in [0.29, 0.717) is 27.6 Å². The molecule has 0 unspecified atom stereocenters. The van der Waals surface area contributed by atoms with Crippen LogP contribution in [0.15, 0.2) is 23.2 Å². The number of guanidine groups is 1. The number of hydrogen-bond donors (Lipinski definition) is 3. The number of nitrogens with zero attached hydrogens (tertiary/aromatic N) is 1. The zero-order valence-corrected chi connectivity index (χ0v) is 15.2. The maximum Gasteiger partial charge on any atom is 0.325 e. The van der Waals surface area contributed by atoms with Crippen molar-refractivity contribution in [1.29, 1.82) is 0 Å². The van der Waals surface area contributed by atoms with Crippen LogP contribution in [0.5, 0.6) is 0 Å². The van der Waals surface area contributed by atoms with Crippen LogP contribution < -0.4 is 10.6 Å². The Labute approximate surface area is 152 Å². The Morgan fingerprint density at radius 1 is 1.25 bits per heavy atom. The minimum atomic E-state index is -0.981. The van der Waals surface area contributed by atoms with Gasteiger partial charge in [0.1, 0.15) is 6.54 Å². The maximum absolute atomic E-state index is 10.8. The number of aliphatic carboxylic acids is 1. The van der Waals surface area contributed by atoms with Crippen LogP contribution in [-0.4, -0.2) is 29.6 Å². The lowest BCUT2D eigenvalue weighted by Gasteiger charge is -2.29. The van der Waals surface area contributed by atoms with Gasteiger partial charge in [-0.25, -0.2) is 4.99 Å². The van der Waals surface area contributed by atoms with Crippen molar-refractivity contribution in [2.24, 2.45) is 10.9 Å².